The molecule has 29 heavy (non-hydrogen) atoms. The van der Waals surface area contributed by atoms with Crippen molar-refractivity contribution in [2.45, 2.75) is 25.9 Å². The molecular formula is C22H28N4O3. The fraction of sp³-hybridized carbons (Fsp3) is 0.455. The van der Waals surface area contributed by atoms with Crippen LogP contribution in [0.4, 0.5) is 0 Å². The van der Waals surface area contributed by atoms with E-state index in [1.807, 2.05) is 47.3 Å². The minimum absolute atomic E-state index is 0.0138. The summed E-state index contributed by atoms with van der Waals surface area (Å²) in [5.41, 5.74) is 4.25. The number of ether oxygens (including phenoxy) is 1. The molecule has 1 aliphatic heterocycles. The number of hydrogen-bond acceptors (Lipinski definition) is 5. The minimum Gasteiger partial charge on any atom is -0.464 e. The van der Waals surface area contributed by atoms with Gasteiger partial charge in [0.25, 0.3) is 0 Å². The fourth-order valence-corrected chi connectivity index (χ4v) is 4.29. The SMILES string of the molecule is COCCN1C(=O)C[C@@H](CNCc2coc3ccccc23)[C@@H]1c1cnn(C)c1C. The Hall–Kier alpha value is -2.64. The first-order chi connectivity index (χ1) is 14.1. The van der Waals surface area contributed by atoms with Crippen LogP contribution >= 0.6 is 0 Å². The summed E-state index contributed by atoms with van der Waals surface area (Å²) in [4.78, 5) is 14.7. The van der Waals surface area contributed by atoms with Crippen LogP contribution in [0.3, 0.4) is 0 Å². The van der Waals surface area contributed by atoms with Crippen LogP contribution in [-0.2, 0) is 23.1 Å². The Bertz CT molecular complexity index is 993. The average Bonchev–Trinajstić information content (AvgIpc) is 3.37. The second kappa shape index (κ2) is 8.39. The molecule has 7 heteroatoms. The number of carbonyl (C=O) groups excluding carboxylic acids is 1. The maximum Gasteiger partial charge on any atom is 0.223 e. The number of aryl methyl sites for hydroxylation is 1. The molecule has 0 radical (unpaired) electrons. The van der Waals surface area contributed by atoms with Gasteiger partial charge in [-0.1, -0.05) is 18.2 Å². The lowest BCUT2D eigenvalue weighted by Gasteiger charge is -2.28. The van der Waals surface area contributed by atoms with Gasteiger partial charge in [-0.05, 0) is 13.0 Å². The topological polar surface area (TPSA) is 72.5 Å². The molecule has 0 bridgehead atoms. The molecule has 1 N–H and O–H groups in total. The van der Waals surface area contributed by atoms with Crippen molar-refractivity contribution in [3.05, 3.63) is 53.5 Å². The number of hydrogen-bond donors (Lipinski definition) is 1. The molecule has 0 unspecified atom stereocenters. The first-order valence-electron chi connectivity index (χ1n) is 10.0. The lowest BCUT2D eigenvalue weighted by atomic mass is 9.93. The van der Waals surface area contributed by atoms with E-state index in [2.05, 4.69) is 23.4 Å². The van der Waals surface area contributed by atoms with E-state index in [1.165, 1.54) is 0 Å². The monoisotopic (exact) mass is 396 g/mol. The summed E-state index contributed by atoms with van der Waals surface area (Å²) in [6.45, 7) is 4.63. The van der Waals surface area contributed by atoms with Gasteiger partial charge in [0.2, 0.25) is 5.91 Å². The van der Waals surface area contributed by atoms with Crippen molar-refractivity contribution in [2.75, 3.05) is 26.8 Å². The van der Waals surface area contributed by atoms with E-state index in [9.17, 15) is 4.79 Å². The molecule has 1 fully saturated rings. The Balaban J connectivity index is 1.50. The van der Waals surface area contributed by atoms with E-state index in [4.69, 9.17) is 9.15 Å². The van der Waals surface area contributed by atoms with Crippen LogP contribution in [0, 0.1) is 12.8 Å². The van der Waals surface area contributed by atoms with E-state index >= 15 is 0 Å². The molecule has 1 amide bonds. The first-order valence-corrected chi connectivity index (χ1v) is 10.0. The van der Waals surface area contributed by atoms with Crippen molar-refractivity contribution < 1.29 is 13.9 Å². The number of methoxy groups -OCH3 is 1. The highest BCUT2D eigenvalue weighted by Crippen LogP contribution is 2.39. The van der Waals surface area contributed by atoms with Crippen LogP contribution in [0.25, 0.3) is 11.0 Å². The summed E-state index contributed by atoms with van der Waals surface area (Å²) in [7, 11) is 3.60. The number of nitrogens with one attached hydrogen (secondary N) is 1. The predicted molar refractivity (Wildman–Crippen MR) is 110 cm³/mol. The van der Waals surface area contributed by atoms with Crippen molar-refractivity contribution >= 4 is 16.9 Å². The largest absolute Gasteiger partial charge is 0.464 e. The Morgan fingerprint density at radius 1 is 1.34 bits per heavy atom. The van der Waals surface area contributed by atoms with E-state index in [0.29, 0.717) is 26.1 Å². The second-order valence-electron chi connectivity index (χ2n) is 7.69. The number of carbonyl (C=O) groups is 1. The normalized spacial score (nSPS) is 19.6. The molecule has 3 aromatic rings. The highest BCUT2D eigenvalue weighted by Gasteiger charge is 2.41. The Kier molecular flexibility index (Phi) is 5.69. The van der Waals surface area contributed by atoms with Crippen LogP contribution < -0.4 is 5.32 Å². The van der Waals surface area contributed by atoms with Gasteiger partial charge in [-0.2, -0.15) is 5.10 Å². The van der Waals surface area contributed by atoms with Crippen LogP contribution in [0.15, 0.2) is 41.1 Å². The van der Waals surface area contributed by atoms with Gasteiger partial charge in [-0.25, -0.2) is 0 Å². The number of likely N-dealkylation sites (tertiary alicyclic amines) is 1. The molecule has 3 heterocycles. The van der Waals surface area contributed by atoms with Crippen molar-refractivity contribution in [3.8, 4) is 0 Å². The third-order valence-corrected chi connectivity index (χ3v) is 5.95. The summed E-state index contributed by atoms with van der Waals surface area (Å²) in [5.74, 6) is 0.358. The number of para-hydroxylation sites is 1. The van der Waals surface area contributed by atoms with E-state index < -0.39 is 0 Å². The molecule has 1 saturated heterocycles. The zero-order valence-corrected chi connectivity index (χ0v) is 17.2. The molecule has 4 rings (SSSR count). The molecule has 7 nitrogen and oxygen atoms in total. The van der Waals surface area contributed by atoms with Crippen molar-refractivity contribution in [3.63, 3.8) is 0 Å². The van der Waals surface area contributed by atoms with Crippen LogP contribution in [0.2, 0.25) is 0 Å². The smallest absolute Gasteiger partial charge is 0.223 e. The van der Waals surface area contributed by atoms with Gasteiger partial charge >= 0.3 is 0 Å². The van der Waals surface area contributed by atoms with Crippen LogP contribution in [0.5, 0.6) is 0 Å². The summed E-state index contributed by atoms with van der Waals surface area (Å²) in [5, 5.41) is 9.08. The summed E-state index contributed by atoms with van der Waals surface area (Å²) < 4.78 is 12.7. The van der Waals surface area contributed by atoms with Crippen molar-refractivity contribution in [1.82, 2.24) is 20.0 Å². The molecular weight excluding hydrogens is 368 g/mol. The Morgan fingerprint density at radius 3 is 2.93 bits per heavy atom. The molecule has 154 valence electrons. The maximum atomic E-state index is 12.8. The summed E-state index contributed by atoms with van der Waals surface area (Å²) >= 11 is 0. The molecule has 1 aromatic carbocycles. The van der Waals surface area contributed by atoms with Crippen molar-refractivity contribution in [2.24, 2.45) is 13.0 Å². The van der Waals surface area contributed by atoms with E-state index in [0.717, 1.165) is 34.3 Å². The standard InChI is InChI=1S/C22H28N4O3/c1-15-19(13-24-25(15)2)22-16(10-21(27)26(22)8-9-28-3)11-23-12-17-14-29-20-7-5-4-6-18(17)20/h4-7,13-14,16,22-23H,8-12H2,1-3H3/t16-,22+/m0/s1. The average molecular weight is 396 g/mol. The first kappa shape index (κ1) is 19.7. The molecule has 1 aliphatic rings. The van der Waals surface area contributed by atoms with E-state index in [-0.39, 0.29) is 17.9 Å². The summed E-state index contributed by atoms with van der Waals surface area (Å²) in [6.07, 6.45) is 4.24. The highest BCUT2D eigenvalue weighted by molar-refractivity contribution is 5.81. The van der Waals surface area contributed by atoms with Gasteiger partial charge in [-0.15, -0.1) is 0 Å². The van der Waals surface area contributed by atoms with Gasteiger partial charge in [-0.3, -0.25) is 9.48 Å². The third-order valence-electron chi connectivity index (χ3n) is 5.95. The maximum absolute atomic E-state index is 12.8. The number of rotatable bonds is 8. The molecule has 0 saturated carbocycles. The van der Waals surface area contributed by atoms with Gasteiger partial charge in [0.05, 0.1) is 25.1 Å². The molecule has 0 spiro atoms. The second-order valence-corrected chi connectivity index (χ2v) is 7.69. The van der Waals surface area contributed by atoms with Gasteiger partial charge in [0, 0.05) is 68.3 Å². The summed E-state index contributed by atoms with van der Waals surface area (Å²) in [6, 6.07) is 8.06. The molecule has 2 aromatic heterocycles. The fourth-order valence-electron chi connectivity index (χ4n) is 4.29. The number of furan rings is 1. The van der Waals surface area contributed by atoms with Crippen LogP contribution in [-0.4, -0.2) is 47.4 Å². The Labute approximate surface area is 170 Å². The minimum atomic E-state index is 0.0138. The number of benzene rings is 1. The predicted octanol–water partition coefficient (Wildman–Crippen LogP) is 2.80. The molecule has 0 aliphatic carbocycles. The Morgan fingerprint density at radius 2 is 2.17 bits per heavy atom. The third kappa shape index (κ3) is 3.80. The van der Waals surface area contributed by atoms with Gasteiger partial charge < -0.3 is 19.4 Å². The van der Waals surface area contributed by atoms with E-state index in [1.54, 1.807) is 7.11 Å². The highest BCUT2D eigenvalue weighted by atomic mass is 16.5. The van der Waals surface area contributed by atoms with Gasteiger partial charge in [0.1, 0.15) is 5.58 Å². The zero-order valence-electron chi connectivity index (χ0n) is 17.2. The number of fused-ring (bicyclic) bond motifs is 1. The van der Waals surface area contributed by atoms with Crippen LogP contribution in [0.1, 0.15) is 29.3 Å². The van der Waals surface area contributed by atoms with Gasteiger partial charge in [0.15, 0.2) is 0 Å². The lowest BCUT2D eigenvalue weighted by molar-refractivity contribution is -0.129. The van der Waals surface area contributed by atoms with Crippen molar-refractivity contribution in [1.29, 1.82) is 0 Å². The zero-order chi connectivity index (χ0) is 20.4. The number of amides is 1. The lowest BCUT2D eigenvalue weighted by Crippen LogP contribution is -2.34. The quantitative estimate of drug-likeness (QED) is 0.634. The number of aromatic nitrogens is 2. The molecule has 2 atom stereocenters. The number of nitrogens with zero attached hydrogens (tertiary/aromatic N) is 3.